The van der Waals surface area contributed by atoms with Crippen LogP contribution in [0.1, 0.15) is 0 Å². The van der Waals surface area contributed by atoms with Gasteiger partial charge in [-0.05, 0) is 30.3 Å². The summed E-state index contributed by atoms with van der Waals surface area (Å²) in [5.74, 6) is 0. The molecule has 96 valence electrons. The molecule has 5 heteroatoms. The maximum atomic E-state index is 4.34. The van der Waals surface area contributed by atoms with Crippen molar-refractivity contribution < 1.29 is 0 Å². The van der Waals surface area contributed by atoms with Crippen LogP contribution in [0.5, 0.6) is 0 Å². The molecule has 0 aliphatic carbocycles. The minimum absolute atomic E-state index is 0.889. The predicted molar refractivity (Wildman–Crippen MR) is 76.9 cm³/mol. The largest absolute Gasteiger partial charge is 0.278 e. The van der Waals surface area contributed by atoms with Gasteiger partial charge >= 0.3 is 0 Å². The molecule has 0 atom stereocenters. The standard InChI is InChI=1S/C15H11N5/c1-2-11(8-16-5-1)15-7-14(19-20-15)10-3-4-13-12(6-10)9-17-18-13/h1-9H,(H,17,18)(H,19,20). The number of H-pyrrole nitrogens is 2. The van der Waals surface area contributed by atoms with Crippen molar-refractivity contribution in [1.82, 2.24) is 25.4 Å². The average molecular weight is 261 g/mol. The van der Waals surface area contributed by atoms with E-state index in [-0.39, 0.29) is 0 Å². The van der Waals surface area contributed by atoms with E-state index in [1.165, 1.54) is 0 Å². The van der Waals surface area contributed by atoms with Gasteiger partial charge in [-0.2, -0.15) is 10.2 Å². The highest BCUT2D eigenvalue weighted by molar-refractivity contribution is 5.83. The van der Waals surface area contributed by atoms with Crippen molar-refractivity contribution in [3.05, 3.63) is 55.0 Å². The summed E-state index contributed by atoms with van der Waals surface area (Å²) in [5.41, 5.74) is 4.98. The van der Waals surface area contributed by atoms with Crippen LogP contribution in [0.25, 0.3) is 33.4 Å². The molecule has 2 N–H and O–H groups in total. The first-order chi connectivity index (χ1) is 9.90. The third-order valence-electron chi connectivity index (χ3n) is 3.29. The fourth-order valence-corrected chi connectivity index (χ4v) is 2.24. The van der Waals surface area contributed by atoms with E-state index in [0.717, 1.165) is 33.4 Å². The van der Waals surface area contributed by atoms with Crippen molar-refractivity contribution in [2.24, 2.45) is 0 Å². The second-order valence-corrected chi connectivity index (χ2v) is 4.58. The van der Waals surface area contributed by atoms with Crippen LogP contribution in [-0.2, 0) is 0 Å². The van der Waals surface area contributed by atoms with E-state index in [0.29, 0.717) is 0 Å². The molecule has 0 amide bonds. The molecule has 0 saturated carbocycles. The van der Waals surface area contributed by atoms with E-state index in [4.69, 9.17) is 0 Å². The molecule has 0 saturated heterocycles. The summed E-state index contributed by atoms with van der Waals surface area (Å²) in [6.07, 6.45) is 5.38. The fourth-order valence-electron chi connectivity index (χ4n) is 2.24. The molecule has 3 heterocycles. The van der Waals surface area contributed by atoms with E-state index in [2.05, 4.69) is 31.4 Å². The summed E-state index contributed by atoms with van der Waals surface area (Å²) in [4.78, 5) is 4.11. The number of rotatable bonds is 2. The van der Waals surface area contributed by atoms with Crippen LogP contribution >= 0.6 is 0 Å². The molecular formula is C15H11N5. The Morgan fingerprint density at radius 2 is 1.90 bits per heavy atom. The number of fused-ring (bicyclic) bond motifs is 1. The summed E-state index contributed by atoms with van der Waals surface area (Å²) >= 11 is 0. The lowest BCUT2D eigenvalue weighted by molar-refractivity contribution is 1.10. The van der Waals surface area contributed by atoms with Gasteiger partial charge in [-0.25, -0.2) is 0 Å². The maximum Gasteiger partial charge on any atom is 0.0942 e. The summed E-state index contributed by atoms with van der Waals surface area (Å²) in [7, 11) is 0. The van der Waals surface area contributed by atoms with Gasteiger partial charge in [0.05, 0.1) is 23.1 Å². The number of aromatic nitrogens is 5. The number of pyridine rings is 1. The molecule has 0 aliphatic heterocycles. The van der Waals surface area contributed by atoms with Crippen molar-refractivity contribution in [1.29, 1.82) is 0 Å². The van der Waals surface area contributed by atoms with Gasteiger partial charge in [0.15, 0.2) is 0 Å². The lowest BCUT2D eigenvalue weighted by Gasteiger charge is -1.96. The number of nitrogens with one attached hydrogen (secondary N) is 2. The summed E-state index contributed by atoms with van der Waals surface area (Å²) in [6.45, 7) is 0. The van der Waals surface area contributed by atoms with Gasteiger partial charge < -0.3 is 0 Å². The van der Waals surface area contributed by atoms with Gasteiger partial charge in [0.2, 0.25) is 0 Å². The van der Waals surface area contributed by atoms with Crippen molar-refractivity contribution in [2.75, 3.05) is 0 Å². The maximum absolute atomic E-state index is 4.34. The lowest BCUT2D eigenvalue weighted by atomic mass is 10.1. The van der Waals surface area contributed by atoms with Gasteiger partial charge in [0, 0.05) is 28.9 Å². The molecule has 1 aromatic carbocycles. The molecular weight excluding hydrogens is 250 g/mol. The molecule has 0 unspecified atom stereocenters. The first-order valence-corrected chi connectivity index (χ1v) is 6.29. The van der Waals surface area contributed by atoms with Crippen LogP contribution in [0, 0.1) is 0 Å². The first-order valence-electron chi connectivity index (χ1n) is 6.29. The molecule has 0 aliphatic rings. The Morgan fingerprint density at radius 1 is 0.900 bits per heavy atom. The van der Waals surface area contributed by atoms with Crippen molar-refractivity contribution >= 4 is 10.9 Å². The Morgan fingerprint density at radius 3 is 2.80 bits per heavy atom. The zero-order valence-corrected chi connectivity index (χ0v) is 10.5. The van der Waals surface area contributed by atoms with Gasteiger partial charge in [-0.3, -0.25) is 15.2 Å². The Labute approximate surface area is 114 Å². The van der Waals surface area contributed by atoms with Crippen molar-refractivity contribution in [3.63, 3.8) is 0 Å². The molecule has 4 rings (SSSR count). The number of aromatic amines is 2. The van der Waals surface area contributed by atoms with Crippen molar-refractivity contribution in [3.8, 4) is 22.5 Å². The smallest absolute Gasteiger partial charge is 0.0942 e. The molecule has 0 radical (unpaired) electrons. The zero-order valence-electron chi connectivity index (χ0n) is 10.5. The van der Waals surface area contributed by atoms with E-state index < -0.39 is 0 Å². The fraction of sp³-hybridized carbons (Fsp3) is 0. The zero-order chi connectivity index (χ0) is 13.4. The molecule has 3 aromatic heterocycles. The van der Waals surface area contributed by atoms with Crippen LogP contribution in [0.3, 0.4) is 0 Å². The van der Waals surface area contributed by atoms with E-state index in [9.17, 15) is 0 Å². The first kappa shape index (κ1) is 10.9. The molecule has 5 nitrogen and oxygen atoms in total. The highest BCUT2D eigenvalue weighted by Gasteiger charge is 2.07. The van der Waals surface area contributed by atoms with Crippen molar-refractivity contribution in [2.45, 2.75) is 0 Å². The monoisotopic (exact) mass is 261 g/mol. The van der Waals surface area contributed by atoms with Gasteiger partial charge in [0.1, 0.15) is 0 Å². The average Bonchev–Trinajstić information content (AvgIpc) is 3.16. The van der Waals surface area contributed by atoms with E-state index in [1.54, 1.807) is 12.4 Å². The second-order valence-electron chi connectivity index (χ2n) is 4.58. The van der Waals surface area contributed by atoms with E-state index >= 15 is 0 Å². The molecule has 20 heavy (non-hydrogen) atoms. The SMILES string of the molecule is c1cncc(-c2cc(-c3ccc4[nH]ncc4c3)[nH]n2)c1. The second kappa shape index (κ2) is 4.31. The Hall–Kier alpha value is -2.95. The number of hydrogen-bond acceptors (Lipinski definition) is 3. The molecule has 0 bridgehead atoms. The Balaban J connectivity index is 1.77. The highest BCUT2D eigenvalue weighted by Crippen LogP contribution is 2.25. The quantitative estimate of drug-likeness (QED) is 0.582. The molecule has 0 spiro atoms. The van der Waals surface area contributed by atoms with Crippen LogP contribution in [0.4, 0.5) is 0 Å². The van der Waals surface area contributed by atoms with Crippen LogP contribution < -0.4 is 0 Å². The normalized spacial score (nSPS) is 11.0. The highest BCUT2D eigenvalue weighted by atomic mass is 15.1. The summed E-state index contributed by atoms with van der Waals surface area (Å²) in [6, 6.07) is 12.1. The number of hydrogen-bond donors (Lipinski definition) is 2. The third kappa shape index (κ3) is 1.76. The molecule has 0 fully saturated rings. The van der Waals surface area contributed by atoms with Crippen LogP contribution in [0.2, 0.25) is 0 Å². The predicted octanol–water partition coefficient (Wildman–Crippen LogP) is 3.01. The van der Waals surface area contributed by atoms with E-state index in [1.807, 2.05) is 36.5 Å². The van der Waals surface area contributed by atoms with Gasteiger partial charge in [-0.15, -0.1) is 0 Å². The Kier molecular flexibility index (Phi) is 2.35. The number of nitrogens with zero attached hydrogens (tertiary/aromatic N) is 3. The lowest BCUT2D eigenvalue weighted by Crippen LogP contribution is -1.78. The van der Waals surface area contributed by atoms with Gasteiger partial charge in [-0.1, -0.05) is 6.07 Å². The van der Waals surface area contributed by atoms with Crippen LogP contribution in [0.15, 0.2) is 55.0 Å². The summed E-state index contributed by atoms with van der Waals surface area (Å²) < 4.78 is 0. The topological polar surface area (TPSA) is 70.2 Å². The molecule has 4 aromatic rings. The number of benzene rings is 1. The Bertz CT molecular complexity index is 860. The third-order valence-corrected chi connectivity index (χ3v) is 3.29. The minimum Gasteiger partial charge on any atom is -0.278 e. The van der Waals surface area contributed by atoms with Crippen LogP contribution in [-0.4, -0.2) is 25.4 Å². The summed E-state index contributed by atoms with van der Waals surface area (Å²) in [5, 5.41) is 15.5. The minimum atomic E-state index is 0.889. The van der Waals surface area contributed by atoms with Gasteiger partial charge in [0.25, 0.3) is 0 Å².